The minimum absolute atomic E-state index is 0.0556. The lowest BCUT2D eigenvalue weighted by Gasteiger charge is -2.38. The van der Waals surface area contributed by atoms with Crippen LogP contribution in [0.4, 0.5) is 20.3 Å². The molecule has 4 nitrogen and oxygen atoms in total. The van der Waals surface area contributed by atoms with E-state index in [1.165, 1.54) is 12.1 Å². The molecule has 1 saturated heterocycles. The normalized spacial score (nSPS) is 14.0. The van der Waals surface area contributed by atoms with Gasteiger partial charge in [0.1, 0.15) is 17.5 Å². The number of hydrogen-bond donors (Lipinski definition) is 0. The molecule has 0 bridgehead atoms. The lowest BCUT2D eigenvalue weighted by molar-refractivity contribution is 0.363. The molecule has 2 aromatic rings. The lowest BCUT2D eigenvalue weighted by Crippen LogP contribution is -2.46. The summed E-state index contributed by atoms with van der Waals surface area (Å²) in [5, 5.41) is 0. The topological polar surface area (TPSA) is 22.6 Å². The summed E-state index contributed by atoms with van der Waals surface area (Å²) >= 11 is 0. The van der Waals surface area contributed by atoms with Crippen molar-refractivity contribution in [2.75, 3.05) is 42.5 Å². The minimum Gasteiger partial charge on any atom is -0.368 e. The summed E-state index contributed by atoms with van der Waals surface area (Å²) in [5.41, 5.74) is 3.82. The molecule has 31 heavy (non-hydrogen) atoms. The summed E-state index contributed by atoms with van der Waals surface area (Å²) in [6, 6.07) is 4.88. The maximum atomic E-state index is 15.0. The van der Waals surface area contributed by atoms with Crippen LogP contribution in [-0.2, 0) is 0 Å². The quantitative estimate of drug-likeness (QED) is 0.581. The largest absolute Gasteiger partial charge is 0.368 e. The Labute approximate surface area is 184 Å². The Bertz CT molecular complexity index is 954. The van der Waals surface area contributed by atoms with Gasteiger partial charge in [-0.1, -0.05) is 26.1 Å². The molecule has 0 amide bonds. The molecule has 2 heterocycles. The van der Waals surface area contributed by atoms with Gasteiger partial charge in [-0.3, -0.25) is 0 Å². The Morgan fingerprint density at radius 3 is 2.19 bits per heavy atom. The number of pyridine rings is 1. The number of aryl methyl sites for hydroxylation is 2. The second-order valence-electron chi connectivity index (χ2n) is 8.25. The van der Waals surface area contributed by atoms with E-state index in [4.69, 9.17) is 0 Å². The van der Waals surface area contributed by atoms with Gasteiger partial charge in [0.25, 0.3) is 0 Å². The second-order valence-corrected chi connectivity index (χ2v) is 8.25. The number of hydrogen-bond acceptors (Lipinski definition) is 4. The fraction of sp³-hybridized carbons (Fsp3) is 0.400. The van der Waals surface area contributed by atoms with Gasteiger partial charge >= 0.3 is 0 Å². The van der Waals surface area contributed by atoms with Gasteiger partial charge in [-0.25, -0.2) is 13.8 Å². The number of nitrogens with zero attached hydrogens (tertiary/aromatic N) is 4. The van der Waals surface area contributed by atoms with Gasteiger partial charge in [0.05, 0.1) is 5.56 Å². The van der Waals surface area contributed by atoms with Crippen molar-refractivity contribution in [2.24, 2.45) is 0 Å². The molecule has 6 heteroatoms. The highest BCUT2D eigenvalue weighted by molar-refractivity contribution is 5.67. The van der Waals surface area contributed by atoms with Crippen molar-refractivity contribution in [3.63, 3.8) is 0 Å². The van der Waals surface area contributed by atoms with E-state index in [1.807, 2.05) is 36.8 Å². The fourth-order valence-electron chi connectivity index (χ4n) is 4.14. The number of piperazine rings is 1. The summed E-state index contributed by atoms with van der Waals surface area (Å²) in [6.45, 7) is 19.2. The van der Waals surface area contributed by atoms with Crippen LogP contribution in [0.2, 0.25) is 0 Å². The summed E-state index contributed by atoms with van der Waals surface area (Å²) < 4.78 is 30.0. The van der Waals surface area contributed by atoms with Crippen molar-refractivity contribution in [1.29, 1.82) is 0 Å². The molecule has 0 saturated carbocycles. The zero-order valence-corrected chi connectivity index (χ0v) is 19.0. The summed E-state index contributed by atoms with van der Waals surface area (Å²) in [7, 11) is 0. The number of benzene rings is 1. The second kappa shape index (κ2) is 9.50. The third kappa shape index (κ3) is 4.89. The summed E-state index contributed by atoms with van der Waals surface area (Å²) in [5.74, 6) is -0.227. The van der Waals surface area contributed by atoms with Crippen LogP contribution < -0.4 is 9.80 Å². The van der Waals surface area contributed by atoms with Crippen LogP contribution in [-0.4, -0.2) is 42.6 Å². The Morgan fingerprint density at radius 2 is 1.68 bits per heavy atom. The van der Waals surface area contributed by atoms with Crippen LogP contribution in [0, 0.1) is 25.5 Å². The lowest BCUT2D eigenvalue weighted by atomic mass is 10.1. The average molecular weight is 427 g/mol. The summed E-state index contributed by atoms with van der Waals surface area (Å²) in [6.07, 6.45) is 2.72. The molecule has 1 fully saturated rings. The molecule has 1 aliphatic rings. The smallest absolute Gasteiger partial charge is 0.137 e. The maximum Gasteiger partial charge on any atom is 0.137 e. The highest BCUT2D eigenvalue weighted by Gasteiger charge is 2.25. The molecule has 0 N–H and O–H groups in total. The van der Waals surface area contributed by atoms with Gasteiger partial charge in [-0.15, -0.1) is 0 Å². The van der Waals surface area contributed by atoms with E-state index in [0.717, 1.165) is 42.2 Å². The highest BCUT2D eigenvalue weighted by atomic mass is 19.1. The summed E-state index contributed by atoms with van der Waals surface area (Å²) in [4.78, 5) is 10.6. The van der Waals surface area contributed by atoms with Crippen LogP contribution in [0.5, 0.6) is 0 Å². The van der Waals surface area contributed by atoms with Crippen LogP contribution in [0.25, 0.3) is 5.70 Å². The van der Waals surface area contributed by atoms with Gasteiger partial charge in [0.2, 0.25) is 0 Å². The highest BCUT2D eigenvalue weighted by Crippen LogP contribution is 2.31. The standard InChI is InChI=1S/C25H32F2N4/c1-7-8-31(17(2)3)21-14-22(26)24(23(27)15-21)20(6)29-9-11-30(12-10-29)25-19(5)13-18(4)16-28-25/h13-16H,2,6-12H2,1,3-5H3. The van der Waals surface area contributed by atoms with Gasteiger partial charge < -0.3 is 14.7 Å². The molecule has 0 unspecified atom stereocenters. The van der Waals surface area contributed by atoms with E-state index in [-0.39, 0.29) is 5.56 Å². The molecule has 166 valence electrons. The molecular formula is C25H32F2N4. The minimum atomic E-state index is -0.596. The zero-order valence-electron chi connectivity index (χ0n) is 19.0. The SMILES string of the molecule is C=C(c1c(F)cc(N(CCC)C(=C)C)cc1F)N1CCN(c2ncc(C)cc2C)CC1. The molecule has 0 atom stereocenters. The van der Waals surface area contributed by atoms with Gasteiger partial charge in [-0.05, 0) is 50.5 Å². The van der Waals surface area contributed by atoms with Crippen molar-refractivity contribution >= 4 is 17.2 Å². The molecule has 0 aliphatic carbocycles. The molecule has 0 radical (unpaired) electrons. The molecule has 0 spiro atoms. The Morgan fingerprint density at radius 1 is 1.06 bits per heavy atom. The van der Waals surface area contributed by atoms with Crippen molar-refractivity contribution in [1.82, 2.24) is 9.88 Å². The number of halogens is 2. The van der Waals surface area contributed by atoms with Crippen molar-refractivity contribution in [2.45, 2.75) is 34.1 Å². The van der Waals surface area contributed by atoms with E-state index in [0.29, 0.717) is 31.0 Å². The zero-order chi connectivity index (χ0) is 22.7. The molecule has 1 aromatic carbocycles. The Balaban J connectivity index is 1.75. The number of rotatable bonds is 7. The number of allylic oxidation sites excluding steroid dienone is 1. The van der Waals surface area contributed by atoms with E-state index in [1.54, 1.807) is 0 Å². The van der Waals surface area contributed by atoms with Crippen LogP contribution >= 0.6 is 0 Å². The van der Waals surface area contributed by atoms with Crippen LogP contribution in [0.3, 0.4) is 0 Å². The van der Waals surface area contributed by atoms with Gasteiger partial charge in [-0.2, -0.15) is 0 Å². The van der Waals surface area contributed by atoms with E-state index < -0.39 is 11.6 Å². The first-order valence-corrected chi connectivity index (χ1v) is 10.8. The van der Waals surface area contributed by atoms with Gasteiger partial charge in [0, 0.05) is 56.0 Å². The molecule has 3 rings (SSSR count). The first-order valence-electron chi connectivity index (χ1n) is 10.8. The van der Waals surface area contributed by atoms with Crippen LogP contribution in [0.15, 0.2) is 43.3 Å². The molecule has 1 aliphatic heterocycles. The van der Waals surface area contributed by atoms with Crippen LogP contribution in [0.1, 0.15) is 37.0 Å². The third-order valence-corrected chi connectivity index (χ3v) is 5.68. The molecular weight excluding hydrogens is 394 g/mol. The predicted octanol–water partition coefficient (Wildman–Crippen LogP) is 5.52. The molecule has 1 aromatic heterocycles. The first-order chi connectivity index (χ1) is 14.7. The van der Waals surface area contributed by atoms with E-state index >= 15 is 8.78 Å². The Kier molecular flexibility index (Phi) is 6.98. The van der Waals surface area contributed by atoms with Crippen molar-refractivity contribution < 1.29 is 8.78 Å². The van der Waals surface area contributed by atoms with Gasteiger partial charge in [0.15, 0.2) is 0 Å². The monoisotopic (exact) mass is 426 g/mol. The predicted molar refractivity (Wildman–Crippen MR) is 125 cm³/mol. The van der Waals surface area contributed by atoms with E-state index in [2.05, 4.69) is 36.0 Å². The maximum absolute atomic E-state index is 15.0. The fourth-order valence-corrected chi connectivity index (χ4v) is 4.14. The van der Waals surface area contributed by atoms with Crippen molar-refractivity contribution in [3.8, 4) is 0 Å². The number of aromatic nitrogens is 1. The first kappa shape index (κ1) is 22.8. The average Bonchev–Trinajstić information content (AvgIpc) is 2.71. The van der Waals surface area contributed by atoms with Crippen molar-refractivity contribution in [3.05, 3.63) is 71.6 Å². The number of anilines is 2. The van der Waals surface area contributed by atoms with E-state index in [9.17, 15) is 0 Å². The Hall–Kier alpha value is -2.89. The third-order valence-electron chi connectivity index (χ3n) is 5.68.